The number of ether oxygens (including phenoxy) is 2. The summed E-state index contributed by atoms with van der Waals surface area (Å²) in [4.78, 5) is 11.4. The molecule has 5 nitrogen and oxygen atoms in total. The van der Waals surface area contributed by atoms with E-state index in [9.17, 15) is 4.79 Å². The lowest BCUT2D eigenvalue weighted by molar-refractivity contribution is 0.0635. The molecule has 0 aromatic carbocycles. The second-order valence-corrected chi connectivity index (χ2v) is 4.49. The van der Waals surface area contributed by atoms with E-state index in [1.54, 1.807) is 26.2 Å². The number of methoxy groups -OCH3 is 1. The predicted octanol–water partition coefficient (Wildman–Crippen LogP) is 2.50. The number of carbonyl (C=O) groups is 1. The van der Waals surface area contributed by atoms with Gasteiger partial charge in [-0.2, -0.15) is 4.37 Å². The molecule has 0 radical (unpaired) electrons. The number of carbonyl (C=O) groups excluding carboxylic acids is 1. The topological polar surface area (TPSA) is 60.5 Å². The molecule has 0 aliphatic rings. The van der Waals surface area contributed by atoms with Gasteiger partial charge in [-0.3, -0.25) is 5.32 Å². The molecule has 0 aliphatic carbocycles. The van der Waals surface area contributed by atoms with E-state index in [-0.39, 0.29) is 0 Å². The zero-order valence-electron chi connectivity index (χ0n) is 9.16. The van der Waals surface area contributed by atoms with Crippen molar-refractivity contribution in [3.8, 4) is 5.75 Å². The molecule has 1 rings (SSSR count). The molecular formula is C9H14N2O3S. The molecular weight excluding hydrogens is 216 g/mol. The second-order valence-electron chi connectivity index (χ2n) is 3.86. The Labute approximate surface area is 92.6 Å². The van der Waals surface area contributed by atoms with Crippen LogP contribution in [0, 0.1) is 0 Å². The van der Waals surface area contributed by atoms with Crippen LogP contribution in [0.2, 0.25) is 0 Å². The molecule has 0 unspecified atom stereocenters. The Balaban J connectivity index is 2.59. The van der Waals surface area contributed by atoms with Crippen molar-refractivity contribution < 1.29 is 14.3 Å². The third-order valence-corrected chi connectivity index (χ3v) is 1.98. The highest BCUT2D eigenvalue weighted by atomic mass is 32.1. The van der Waals surface area contributed by atoms with Crippen molar-refractivity contribution in [1.82, 2.24) is 4.37 Å². The number of hydrogen-bond donors (Lipinski definition) is 1. The number of anilines is 1. The number of nitrogens with one attached hydrogen (secondary N) is 1. The lowest BCUT2D eigenvalue weighted by Crippen LogP contribution is -2.27. The predicted molar refractivity (Wildman–Crippen MR) is 58.5 cm³/mol. The van der Waals surface area contributed by atoms with E-state index in [1.807, 2.05) is 0 Å². The Morgan fingerprint density at radius 3 is 2.73 bits per heavy atom. The van der Waals surface area contributed by atoms with Crippen LogP contribution in [-0.4, -0.2) is 23.2 Å². The van der Waals surface area contributed by atoms with Gasteiger partial charge < -0.3 is 9.47 Å². The first-order valence-corrected chi connectivity index (χ1v) is 5.24. The first-order chi connectivity index (χ1) is 6.92. The number of nitrogens with zero attached hydrogens (tertiary/aromatic N) is 1. The van der Waals surface area contributed by atoms with Crippen molar-refractivity contribution in [3.05, 3.63) is 5.38 Å². The molecule has 0 saturated heterocycles. The summed E-state index contributed by atoms with van der Waals surface area (Å²) in [7, 11) is 1.52. The summed E-state index contributed by atoms with van der Waals surface area (Å²) >= 11 is 1.21. The summed E-state index contributed by atoms with van der Waals surface area (Å²) in [5.74, 6) is 0.919. The molecule has 0 fully saturated rings. The molecule has 1 aromatic heterocycles. The Hall–Kier alpha value is -1.30. The van der Waals surface area contributed by atoms with E-state index < -0.39 is 11.7 Å². The minimum Gasteiger partial charge on any atom is -0.492 e. The maximum absolute atomic E-state index is 11.4. The number of hydrogen-bond acceptors (Lipinski definition) is 5. The molecule has 1 amide bonds. The minimum atomic E-state index is -0.535. The number of rotatable bonds is 2. The normalized spacial score (nSPS) is 10.9. The van der Waals surface area contributed by atoms with E-state index in [0.29, 0.717) is 11.6 Å². The molecule has 0 spiro atoms. The summed E-state index contributed by atoms with van der Waals surface area (Å²) < 4.78 is 14.0. The van der Waals surface area contributed by atoms with Gasteiger partial charge in [0, 0.05) is 0 Å². The maximum atomic E-state index is 11.4. The van der Waals surface area contributed by atoms with Gasteiger partial charge >= 0.3 is 6.09 Å². The first-order valence-electron chi connectivity index (χ1n) is 4.41. The highest BCUT2D eigenvalue weighted by molar-refractivity contribution is 7.04. The Kier molecular flexibility index (Phi) is 3.52. The van der Waals surface area contributed by atoms with Crippen LogP contribution in [0.1, 0.15) is 20.8 Å². The van der Waals surface area contributed by atoms with Gasteiger partial charge in [-0.15, -0.1) is 0 Å². The van der Waals surface area contributed by atoms with Crippen molar-refractivity contribution in [2.24, 2.45) is 0 Å². The summed E-state index contributed by atoms with van der Waals surface area (Å²) in [6.45, 7) is 5.39. The summed E-state index contributed by atoms with van der Waals surface area (Å²) in [5, 5.41) is 4.21. The van der Waals surface area contributed by atoms with Gasteiger partial charge in [0.2, 0.25) is 0 Å². The molecule has 6 heteroatoms. The Bertz CT molecular complexity index is 343. The average molecular weight is 230 g/mol. The van der Waals surface area contributed by atoms with Gasteiger partial charge in [-0.25, -0.2) is 4.79 Å². The van der Waals surface area contributed by atoms with Crippen molar-refractivity contribution in [3.63, 3.8) is 0 Å². The zero-order chi connectivity index (χ0) is 11.5. The lowest BCUT2D eigenvalue weighted by atomic mass is 10.2. The largest absolute Gasteiger partial charge is 0.492 e. The van der Waals surface area contributed by atoms with Crippen molar-refractivity contribution in [2.45, 2.75) is 26.4 Å². The first kappa shape index (κ1) is 11.8. The molecule has 0 atom stereocenters. The third-order valence-electron chi connectivity index (χ3n) is 1.38. The summed E-state index contributed by atoms with van der Waals surface area (Å²) in [6.07, 6.45) is -0.535. The van der Waals surface area contributed by atoms with Crippen molar-refractivity contribution in [2.75, 3.05) is 12.4 Å². The van der Waals surface area contributed by atoms with Crippen LogP contribution >= 0.6 is 11.5 Å². The smallest absolute Gasteiger partial charge is 0.413 e. The molecule has 1 aromatic rings. The van der Waals surface area contributed by atoms with Crippen LogP contribution in [0.5, 0.6) is 5.75 Å². The van der Waals surface area contributed by atoms with Gasteiger partial charge in [-0.05, 0) is 32.3 Å². The molecule has 1 N–H and O–H groups in total. The van der Waals surface area contributed by atoms with E-state index >= 15 is 0 Å². The van der Waals surface area contributed by atoms with Crippen LogP contribution in [0.25, 0.3) is 0 Å². The average Bonchev–Trinajstić information content (AvgIpc) is 2.48. The molecule has 0 bridgehead atoms. The van der Waals surface area contributed by atoms with Gasteiger partial charge in [0.05, 0.1) is 12.5 Å². The fourth-order valence-corrected chi connectivity index (χ4v) is 1.45. The van der Waals surface area contributed by atoms with Gasteiger partial charge in [-0.1, -0.05) is 0 Å². The Morgan fingerprint density at radius 1 is 1.53 bits per heavy atom. The number of amides is 1. The van der Waals surface area contributed by atoms with Crippen LogP contribution in [-0.2, 0) is 4.74 Å². The van der Waals surface area contributed by atoms with Crippen LogP contribution in [0.3, 0.4) is 0 Å². The maximum Gasteiger partial charge on any atom is 0.413 e. The molecule has 15 heavy (non-hydrogen) atoms. The van der Waals surface area contributed by atoms with Crippen LogP contribution in [0.15, 0.2) is 5.38 Å². The molecule has 84 valence electrons. The minimum absolute atomic E-state index is 0.386. The quantitative estimate of drug-likeness (QED) is 0.848. The number of aromatic nitrogens is 1. The van der Waals surface area contributed by atoms with E-state index in [0.717, 1.165) is 0 Å². The van der Waals surface area contributed by atoms with Gasteiger partial charge in [0.25, 0.3) is 0 Å². The standard InChI is InChI=1S/C9H14N2O3S/c1-9(2,3)14-8(12)10-7-6(13-4)5-15-11-7/h5H,1-4H3,(H,10,11,12). The zero-order valence-corrected chi connectivity index (χ0v) is 9.97. The fraction of sp³-hybridized carbons (Fsp3) is 0.556. The molecule has 0 aliphatic heterocycles. The van der Waals surface area contributed by atoms with E-state index in [1.165, 1.54) is 18.6 Å². The summed E-state index contributed by atoms with van der Waals surface area (Å²) in [6, 6.07) is 0. The third kappa shape index (κ3) is 3.75. The van der Waals surface area contributed by atoms with Crippen molar-refractivity contribution in [1.29, 1.82) is 0 Å². The summed E-state index contributed by atoms with van der Waals surface area (Å²) in [5.41, 5.74) is -0.520. The van der Waals surface area contributed by atoms with Gasteiger partial charge in [0.1, 0.15) is 5.60 Å². The monoisotopic (exact) mass is 230 g/mol. The Morgan fingerprint density at radius 2 is 2.20 bits per heavy atom. The van der Waals surface area contributed by atoms with E-state index in [2.05, 4.69) is 9.69 Å². The van der Waals surface area contributed by atoms with Crippen molar-refractivity contribution >= 4 is 23.4 Å². The second kappa shape index (κ2) is 4.48. The van der Waals surface area contributed by atoms with Crippen LogP contribution in [0.4, 0.5) is 10.6 Å². The lowest BCUT2D eigenvalue weighted by Gasteiger charge is -2.19. The highest BCUT2D eigenvalue weighted by Gasteiger charge is 2.18. The molecule has 0 saturated carbocycles. The highest BCUT2D eigenvalue weighted by Crippen LogP contribution is 2.25. The van der Waals surface area contributed by atoms with Gasteiger partial charge in [0.15, 0.2) is 11.6 Å². The van der Waals surface area contributed by atoms with Crippen LogP contribution < -0.4 is 10.1 Å². The molecule has 1 heterocycles. The SMILES string of the molecule is COc1csnc1NC(=O)OC(C)(C)C. The fourth-order valence-electron chi connectivity index (χ4n) is 0.857. The van der Waals surface area contributed by atoms with E-state index in [4.69, 9.17) is 9.47 Å².